The van der Waals surface area contributed by atoms with E-state index in [9.17, 15) is 18.0 Å². The maximum absolute atomic E-state index is 13.8. The van der Waals surface area contributed by atoms with Crippen molar-refractivity contribution in [3.63, 3.8) is 0 Å². The summed E-state index contributed by atoms with van der Waals surface area (Å²) in [5, 5.41) is 0.883. The van der Waals surface area contributed by atoms with Gasteiger partial charge in [0.25, 0.3) is 0 Å². The molecule has 0 spiro atoms. The van der Waals surface area contributed by atoms with E-state index in [0.29, 0.717) is 16.9 Å². The molecule has 2 nitrogen and oxygen atoms in total. The number of ether oxygens (including phenoxy) is 1. The Morgan fingerprint density at radius 2 is 1.91 bits per heavy atom. The van der Waals surface area contributed by atoms with Gasteiger partial charge in [-0.05, 0) is 55.0 Å². The summed E-state index contributed by atoms with van der Waals surface area (Å²) in [7, 11) is 0. The van der Waals surface area contributed by atoms with Crippen molar-refractivity contribution in [2.24, 2.45) is 0 Å². The number of benzene rings is 2. The SMILES string of the molecule is C=C(C)C(=O)OCSc1ccc2cc(-c3ccc(CCCCC)cc3C(F)(F)F)sc2c1. The van der Waals surface area contributed by atoms with E-state index in [-0.39, 0.29) is 11.5 Å². The number of halogens is 3. The molecule has 0 aliphatic heterocycles. The normalized spacial score (nSPS) is 11.7. The zero-order valence-electron chi connectivity index (χ0n) is 18.1. The molecule has 1 aromatic heterocycles. The number of hydrogen-bond acceptors (Lipinski definition) is 4. The summed E-state index contributed by atoms with van der Waals surface area (Å²) >= 11 is 2.68. The van der Waals surface area contributed by atoms with Crippen molar-refractivity contribution in [1.29, 1.82) is 0 Å². The van der Waals surface area contributed by atoms with E-state index in [0.717, 1.165) is 39.8 Å². The van der Waals surface area contributed by atoms with Gasteiger partial charge in [0.2, 0.25) is 0 Å². The number of thioether (sulfide) groups is 1. The largest absolute Gasteiger partial charge is 0.451 e. The van der Waals surface area contributed by atoms with Crippen LogP contribution in [0.4, 0.5) is 13.2 Å². The molecule has 0 atom stereocenters. The Bertz CT molecular complexity index is 1120. The first-order valence-electron chi connectivity index (χ1n) is 10.4. The number of thiophene rings is 1. The minimum Gasteiger partial charge on any atom is -0.451 e. The Hall–Kier alpha value is -2.25. The molecule has 0 aliphatic rings. The molecule has 0 N–H and O–H groups in total. The summed E-state index contributed by atoms with van der Waals surface area (Å²) < 4.78 is 47.5. The quantitative estimate of drug-likeness (QED) is 0.101. The Kier molecular flexibility index (Phi) is 8.06. The molecule has 1 heterocycles. The van der Waals surface area contributed by atoms with Crippen LogP contribution >= 0.6 is 23.1 Å². The maximum atomic E-state index is 13.8. The molecule has 0 fully saturated rings. The number of rotatable bonds is 9. The topological polar surface area (TPSA) is 26.3 Å². The summed E-state index contributed by atoms with van der Waals surface area (Å²) in [6.07, 6.45) is -0.840. The second-order valence-corrected chi connectivity index (χ2v) is 9.70. The highest BCUT2D eigenvalue weighted by molar-refractivity contribution is 7.99. The van der Waals surface area contributed by atoms with Crippen LogP contribution in [0.3, 0.4) is 0 Å². The van der Waals surface area contributed by atoms with Crippen molar-refractivity contribution in [2.75, 3.05) is 5.94 Å². The van der Waals surface area contributed by atoms with Crippen LogP contribution in [0.1, 0.15) is 44.2 Å². The van der Waals surface area contributed by atoms with Crippen LogP contribution in [0.5, 0.6) is 0 Å². The van der Waals surface area contributed by atoms with Crippen LogP contribution < -0.4 is 0 Å². The first kappa shape index (κ1) is 24.4. The van der Waals surface area contributed by atoms with E-state index in [1.54, 1.807) is 19.1 Å². The number of alkyl halides is 3. The number of fused-ring (bicyclic) bond motifs is 1. The average Bonchev–Trinajstić information content (AvgIpc) is 3.16. The molecular formula is C25H25F3O2S2. The summed E-state index contributed by atoms with van der Waals surface area (Å²) in [6.45, 7) is 7.20. The van der Waals surface area contributed by atoms with Crippen molar-refractivity contribution >= 4 is 39.2 Å². The van der Waals surface area contributed by atoms with Gasteiger partial charge in [0, 0.05) is 25.6 Å². The van der Waals surface area contributed by atoms with Crippen LogP contribution in [-0.2, 0) is 22.1 Å². The lowest BCUT2D eigenvalue weighted by molar-refractivity contribution is -0.137. The van der Waals surface area contributed by atoms with Gasteiger partial charge in [0.1, 0.15) is 5.94 Å². The van der Waals surface area contributed by atoms with Gasteiger partial charge in [-0.2, -0.15) is 13.2 Å². The predicted octanol–water partition coefficient (Wildman–Crippen LogP) is 8.49. The van der Waals surface area contributed by atoms with Gasteiger partial charge in [-0.1, -0.05) is 56.3 Å². The molecule has 32 heavy (non-hydrogen) atoms. The minimum atomic E-state index is -4.42. The number of carbonyl (C=O) groups excluding carboxylic acids is 1. The molecule has 3 rings (SSSR count). The summed E-state index contributed by atoms with van der Waals surface area (Å²) in [4.78, 5) is 13.0. The number of esters is 1. The Balaban J connectivity index is 1.85. The Morgan fingerprint density at radius 3 is 2.59 bits per heavy atom. The van der Waals surface area contributed by atoms with Crippen LogP contribution in [0, 0.1) is 0 Å². The van der Waals surface area contributed by atoms with Gasteiger partial charge < -0.3 is 4.74 Å². The van der Waals surface area contributed by atoms with Gasteiger partial charge in [0.05, 0.1) is 5.56 Å². The van der Waals surface area contributed by atoms with E-state index in [1.165, 1.54) is 29.2 Å². The third-order valence-corrected chi connectivity index (χ3v) is 6.93. The molecule has 0 unspecified atom stereocenters. The molecule has 3 aromatic rings. The monoisotopic (exact) mass is 478 g/mol. The van der Waals surface area contributed by atoms with Crippen LogP contribution in [0.2, 0.25) is 0 Å². The predicted molar refractivity (Wildman–Crippen MR) is 127 cm³/mol. The van der Waals surface area contributed by atoms with E-state index < -0.39 is 17.7 Å². The highest BCUT2D eigenvalue weighted by atomic mass is 32.2. The van der Waals surface area contributed by atoms with Gasteiger partial charge >= 0.3 is 12.1 Å². The molecule has 0 amide bonds. The van der Waals surface area contributed by atoms with E-state index >= 15 is 0 Å². The number of unbranched alkanes of at least 4 members (excludes halogenated alkanes) is 2. The van der Waals surface area contributed by atoms with Gasteiger partial charge in [-0.25, -0.2) is 4.79 Å². The highest BCUT2D eigenvalue weighted by Crippen LogP contribution is 2.42. The zero-order valence-corrected chi connectivity index (χ0v) is 19.7. The van der Waals surface area contributed by atoms with Gasteiger partial charge in [-0.3, -0.25) is 0 Å². The standard InChI is InChI=1S/C25H25F3O2S2/c1-4-5-6-7-17-8-11-20(21(12-17)25(26,27)28)23-13-18-9-10-19(14-22(18)32-23)31-15-30-24(29)16(2)3/h8-14H,2,4-7,15H2,1,3H3. The number of aryl methyl sites for hydroxylation is 1. The molecule has 170 valence electrons. The second-order valence-electron chi connectivity index (χ2n) is 7.62. The molecule has 0 saturated heterocycles. The lowest BCUT2D eigenvalue weighted by Gasteiger charge is -2.14. The maximum Gasteiger partial charge on any atom is 0.417 e. The number of hydrogen-bond donors (Lipinski definition) is 0. The first-order valence-corrected chi connectivity index (χ1v) is 12.2. The van der Waals surface area contributed by atoms with Crippen molar-refractivity contribution in [3.05, 3.63) is 65.7 Å². The fraction of sp³-hybridized carbons (Fsp3) is 0.320. The lowest BCUT2D eigenvalue weighted by Crippen LogP contribution is -2.07. The van der Waals surface area contributed by atoms with Crippen molar-refractivity contribution in [3.8, 4) is 10.4 Å². The lowest BCUT2D eigenvalue weighted by atomic mass is 9.99. The van der Waals surface area contributed by atoms with E-state index in [1.807, 2.05) is 24.3 Å². The van der Waals surface area contributed by atoms with E-state index in [2.05, 4.69) is 13.5 Å². The van der Waals surface area contributed by atoms with Crippen LogP contribution in [0.25, 0.3) is 20.5 Å². The first-order chi connectivity index (χ1) is 15.2. The van der Waals surface area contributed by atoms with Gasteiger partial charge in [0.15, 0.2) is 0 Å². The molecule has 0 saturated carbocycles. The fourth-order valence-corrected chi connectivity index (χ4v) is 5.17. The molecule has 0 bridgehead atoms. The van der Waals surface area contributed by atoms with Crippen LogP contribution in [-0.4, -0.2) is 11.9 Å². The van der Waals surface area contributed by atoms with Crippen molar-refractivity contribution < 1.29 is 22.7 Å². The summed E-state index contributed by atoms with van der Waals surface area (Å²) in [6, 6.07) is 12.2. The van der Waals surface area contributed by atoms with Crippen LogP contribution in [0.15, 0.2) is 59.5 Å². The fourth-order valence-electron chi connectivity index (χ4n) is 3.28. The summed E-state index contributed by atoms with van der Waals surface area (Å²) in [5.74, 6) is -0.303. The zero-order chi connectivity index (χ0) is 23.3. The second kappa shape index (κ2) is 10.6. The van der Waals surface area contributed by atoms with E-state index in [4.69, 9.17) is 4.74 Å². The Morgan fingerprint density at radius 1 is 1.12 bits per heavy atom. The van der Waals surface area contributed by atoms with Crippen molar-refractivity contribution in [2.45, 2.75) is 50.6 Å². The minimum absolute atomic E-state index is 0.146. The molecular weight excluding hydrogens is 453 g/mol. The van der Waals surface area contributed by atoms with Gasteiger partial charge in [-0.15, -0.1) is 11.3 Å². The third-order valence-electron chi connectivity index (χ3n) is 4.98. The molecule has 0 radical (unpaired) electrons. The smallest absolute Gasteiger partial charge is 0.417 e. The summed E-state index contributed by atoms with van der Waals surface area (Å²) in [5.41, 5.74) is 0.682. The number of carbonyl (C=O) groups is 1. The third kappa shape index (κ3) is 6.17. The molecule has 7 heteroatoms. The highest BCUT2D eigenvalue weighted by Gasteiger charge is 2.34. The average molecular weight is 479 g/mol. The molecule has 0 aliphatic carbocycles. The molecule has 2 aromatic carbocycles. The Labute approximate surface area is 194 Å². The van der Waals surface area contributed by atoms with Crippen molar-refractivity contribution in [1.82, 2.24) is 0 Å².